The maximum atomic E-state index is 16.9. The molecule has 1 amide bonds. The van der Waals surface area contributed by atoms with E-state index in [1.807, 2.05) is 35.2 Å². The normalized spacial score (nSPS) is 22.8. The van der Waals surface area contributed by atoms with Gasteiger partial charge in [0.05, 0.1) is 5.54 Å². The topological polar surface area (TPSA) is 142 Å². The van der Waals surface area contributed by atoms with E-state index >= 15 is 4.39 Å². The van der Waals surface area contributed by atoms with Crippen molar-refractivity contribution in [2.24, 2.45) is 5.14 Å². The minimum absolute atomic E-state index is 0.0344. The van der Waals surface area contributed by atoms with Crippen molar-refractivity contribution in [3.8, 4) is 22.9 Å². The number of nitrogens with zero attached hydrogens (tertiary/aromatic N) is 5. The molecule has 8 rings (SSSR count). The highest BCUT2D eigenvalue weighted by molar-refractivity contribution is 7.90. The molecule has 4 aliphatic rings. The SMILES string of the molecule is CC(C(=O)N1[C@@H]2CC[C@H]1CN(c1nc(OCC34CCCN3CCC4)nc3c(F)c(-c4cc(O)cc5ccccc45)ccc13)C2)S(N)(=O)=O. The number of benzene rings is 3. The van der Waals surface area contributed by atoms with Gasteiger partial charge in [-0.1, -0.05) is 30.3 Å². The Morgan fingerprint density at radius 2 is 1.75 bits per heavy atom. The average molecular weight is 675 g/mol. The minimum Gasteiger partial charge on any atom is -0.508 e. The predicted octanol–water partition coefficient (Wildman–Crippen LogP) is 4.16. The number of sulfonamides is 1. The molecule has 252 valence electrons. The second kappa shape index (κ2) is 11.5. The van der Waals surface area contributed by atoms with Gasteiger partial charge in [0.2, 0.25) is 15.9 Å². The van der Waals surface area contributed by atoms with Crippen molar-refractivity contribution >= 4 is 43.4 Å². The maximum Gasteiger partial charge on any atom is 0.319 e. The monoisotopic (exact) mass is 674 g/mol. The Morgan fingerprint density at radius 1 is 1.04 bits per heavy atom. The third-order valence-corrected chi connectivity index (χ3v) is 12.2. The van der Waals surface area contributed by atoms with Crippen LogP contribution in [0.3, 0.4) is 0 Å². The first kappa shape index (κ1) is 31.2. The van der Waals surface area contributed by atoms with Crippen molar-refractivity contribution in [1.82, 2.24) is 19.8 Å². The van der Waals surface area contributed by atoms with Gasteiger partial charge >= 0.3 is 6.01 Å². The van der Waals surface area contributed by atoms with Gasteiger partial charge in [-0.3, -0.25) is 9.69 Å². The van der Waals surface area contributed by atoms with E-state index in [2.05, 4.69) is 9.88 Å². The lowest BCUT2D eigenvalue weighted by Crippen LogP contribution is -2.59. The van der Waals surface area contributed by atoms with E-state index in [9.17, 15) is 18.3 Å². The molecule has 1 aromatic heterocycles. The maximum absolute atomic E-state index is 16.9. The van der Waals surface area contributed by atoms with Crippen LogP contribution in [0.4, 0.5) is 10.2 Å². The van der Waals surface area contributed by atoms with Crippen LogP contribution in [0.15, 0.2) is 48.5 Å². The fourth-order valence-corrected chi connectivity index (χ4v) is 9.01. The lowest BCUT2D eigenvalue weighted by atomic mass is 9.95. The molecule has 48 heavy (non-hydrogen) atoms. The minimum atomic E-state index is -4.04. The molecule has 0 spiro atoms. The number of phenols is 1. The summed E-state index contributed by atoms with van der Waals surface area (Å²) in [5, 5.41) is 16.6. The summed E-state index contributed by atoms with van der Waals surface area (Å²) in [6.45, 7) is 4.61. The number of halogens is 1. The second-order valence-electron chi connectivity index (χ2n) is 13.8. The largest absolute Gasteiger partial charge is 0.508 e. The van der Waals surface area contributed by atoms with E-state index < -0.39 is 27.0 Å². The molecule has 4 saturated heterocycles. The Bertz CT molecular complexity index is 2040. The van der Waals surface area contributed by atoms with Crippen molar-refractivity contribution in [3.05, 3.63) is 54.3 Å². The Morgan fingerprint density at radius 3 is 2.46 bits per heavy atom. The summed E-state index contributed by atoms with van der Waals surface area (Å²) >= 11 is 0. The molecule has 4 aliphatic heterocycles. The number of primary sulfonamides is 1. The van der Waals surface area contributed by atoms with Crippen LogP contribution in [0.2, 0.25) is 0 Å². The highest BCUT2D eigenvalue weighted by Gasteiger charge is 2.47. The molecule has 4 aromatic rings. The number of carbonyl (C=O) groups is 1. The molecule has 13 heteroatoms. The lowest BCUT2D eigenvalue weighted by Gasteiger charge is -2.42. The van der Waals surface area contributed by atoms with Crippen LogP contribution < -0.4 is 14.8 Å². The Kier molecular flexibility index (Phi) is 7.49. The van der Waals surface area contributed by atoms with Crippen LogP contribution in [0.5, 0.6) is 11.8 Å². The summed E-state index contributed by atoms with van der Waals surface area (Å²) in [6.07, 6.45) is 5.70. The van der Waals surface area contributed by atoms with Crippen molar-refractivity contribution < 1.29 is 27.4 Å². The van der Waals surface area contributed by atoms with Crippen LogP contribution in [-0.4, -0.2) is 94.9 Å². The number of phenolic OH excluding ortho intramolecular Hbond substituents is 1. The zero-order valence-corrected chi connectivity index (χ0v) is 27.6. The van der Waals surface area contributed by atoms with Crippen LogP contribution in [0, 0.1) is 5.82 Å². The first-order chi connectivity index (χ1) is 23.0. The molecule has 4 fully saturated rings. The van der Waals surface area contributed by atoms with Crippen LogP contribution in [0.1, 0.15) is 45.4 Å². The number of hydrogen-bond donors (Lipinski definition) is 2. The third kappa shape index (κ3) is 5.14. The number of nitrogens with two attached hydrogens (primary N) is 1. The molecular weight excluding hydrogens is 635 g/mol. The molecule has 0 aliphatic carbocycles. The number of aromatic hydroxyl groups is 1. The summed E-state index contributed by atoms with van der Waals surface area (Å²) in [5.74, 6) is -0.492. The van der Waals surface area contributed by atoms with E-state index in [1.165, 1.54) is 6.92 Å². The summed E-state index contributed by atoms with van der Waals surface area (Å²) in [5.41, 5.74) is 0.896. The lowest BCUT2D eigenvalue weighted by molar-refractivity contribution is -0.133. The fraction of sp³-hybridized carbons (Fsp3) is 0.457. The molecule has 3 atom stereocenters. The molecule has 0 radical (unpaired) electrons. The van der Waals surface area contributed by atoms with Gasteiger partial charge in [-0.25, -0.2) is 17.9 Å². The number of rotatable bonds is 7. The van der Waals surface area contributed by atoms with Gasteiger partial charge in [0.1, 0.15) is 23.7 Å². The number of hydrogen-bond acceptors (Lipinski definition) is 9. The first-order valence-electron chi connectivity index (χ1n) is 16.7. The van der Waals surface area contributed by atoms with Gasteiger partial charge in [-0.05, 0) is 93.1 Å². The molecule has 0 saturated carbocycles. The quantitative estimate of drug-likeness (QED) is 0.296. The second-order valence-corrected chi connectivity index (χ2v) is 15.7. The van der Waals surface area contributed by atoms with Crippen LogP contribution in [-0.2, 0) is 14.8 Å². The Labute approximate surface area is 278 Å². The van der Waals surface area contributed by atoms with E-state index in [0.29, 0.717) is 54.9 Å². The zero-order chi connectivity index (χ0) is 33.4. The predicted molar refractivity (Wildman–Crippen MR) is 181 cm³/mol. The molecule has 5 heterocycles. The average Bonchev–Trinajstić information content (AvgIpc) is 3.72. The van der Waals surface area contributed by atoms with E-state index in [1.54, 1.807) is 23.1 Å². The molecule has 1 unspecified atom stereocenters. The van der Waals surface area contributed by atoms with Crippen molar-refractivity contribution in [2.45, 2.75) is 68.3 Å². The number of anilines is 1. The summed E-state index contributed by atoms with van der Waals surface area (Å²) in [6, 6.07) is 13.8. The van der Waals surface area contributed by atoms with Crippen LogP contribution >= 0.6 is 0 Å². The van der Waals surface area contributed by atoms with Gasteiger partial charge in [-0.2, -0.15) is 9.97 Å². The molecule has 2 bridgehead atoms. The van der Waals surface area contributed by atoms with E-state index in [0.717, 1.165) is 49.5 Å². The number of amides is 1. The Balaban J connectivity index is 1.20. The molecule has 11 nitrogen and oxygen atoms in total. The summed E-state index contributed by atoms with van der Waals surface area (Å²) in [4.78, 5) is 29.1. The number of piperazine rings is 1. The van der Waals surface area contributed by atoms with Crippen LogP contribution in [0.25, 0.3) is 32.8 Å². The fourth-order valence-electron chi connectivity index (χ4n) is 8.60. The number of ether oxygens (including phenoxy) is 1. The van der Waals surface area contributed by atoms with E-state index in [4.69, 9.17) is 14.9 Å². The van der Waals surface area contributed by atoms with Crippen molar-refractivity contribution in [2.75, 3.05) is 37.7 Å². The number of carbonyl (C=O) groups excluding carboxylic acids is 1. The zero-order valence-electron chi connectivity index (χ0n) is 26.8. The van der Waals surface area contributed by atoms with E-state index in [-0.39, 0.29) is 34.9 Å². The number of aromatic nitrogens is 2. The highest BCUT2D eigenvalue weighted by atomic mass is 32.2. The molecule has 3 aromatic carbocycles. The Hall–Kier alpha value is -4.07. The van der Waals surface area contributed by atoms with Crippen molar-refractivity contribution in [1.29, 1.82) is 0 Å². The smallest absolute Gasteiger partial charge is 0.319 e. The third-order valence-electron chi connectivity index (χ3n) is 11.1. The van der Waals surface area contributed by atoms with Gasteiger partial charge in [-0.15, -0.1) is 0 Å². The van der Waals surface area contributed by atoms with Gasteiger partial charge in [0.15, 0.2) is 11.1 Å². The summed E-state index contributed by atoms with van der Waals surface area (Å²) < 4.78 is 47.3. The van der Waals surface area contributed by atoms with Gasteiger partial charge < -0.3 is 19.6 Å². The summed E-state index contributed by atoms with van der Waals surface area (Å²) in [7, 11) is -4.04. The van der Waals surface area contributed by atoms with Gasteiger partial charge in [0.25, 0.3) is 0 Å². The molecular formula is C35H39FN6O5S. The standard InChI is InChI=1S/C35H39FN6O5S/c1-21(48(37,45)46)33(44)42-23-8-9-24(42)19-40(18-23)32-28-11-10-27(29-17-25(43)16-22-6-2-3-7-26(22)29)30(36)31(28)38-34(39-32)47-20-35-12-4-14-41(35)15-5-13-35/h2-3,6-7,10-11,16-17,21,23-24,43H,4-5,8-9,12-15,18-20H2,1H3,(H2,37,45,46)/t21?,23-,24+. The first-order valence-corrected chi connectivity index (χ1v) is 18.3. The van der Waals surface area contributed by atoms with Gasteiger partial charge in [0, 0.05) is 36.1 Å². The molecule has 3 N–H and O–H groups in total. The number of fused-ring (bicyclic) bond motifs is 5. The van der Waals surface area contributed by atoms with Crippen molar-refractivity contribution in [3.63, 3.8) is 0 Å². The highest BCUT2D eigenvalue weighted by Crippen LogP contribution is 2.42.